The van der Waals surface area contributed by atoms with Crippen LogP contribution in [0, 0.1) is 0 Å². The van der Waals surface area contributed by atoms with Gasteiger partial charge in [-0.15, -0.1) is 0 Å². The quantitative estimate of drug-likeness (QED) is 0.843. The highest BCUT2D eigenvalue weighted by atomic mass is 35.5. The zero-order valence-electron chi connectivity index (χ0n) is 10.3. The summed E-state index contributed by atoms with van der Waals surface area (Å²) < 4.78 is 5.65. The van der Waals surface area contributed by atoms with E-state index in [9.17, 15) is 0 Å². The van der Waals surface area contributed by atoms with E-state index < -0.39 is 0 Å². The van der Waals surface area contributed by atoms with Gasteiger partial charge in [-0.25, -0.2) is 0 Å². The van der Waals surface area contributed by atoms with Crippen LogP contribution in [0.25, 0.3) is 0 Å². The molecule has 1 saturated heterocycles. The Balaban J connectivity index is 1.66. The summed E-state index contributed by atoms with van der Waals surface area (Å²) in [6.45, 7) is 6.69. The number of piperazine rings is 1. The molecule has 3 nitrogen and oxygen atoms in total. The van der Waals surface area contributed by atoms with E-state index in [4.69, 9.17) is 27.9 Å². The van der Waals surface area contributed by atoms with Crippen LogP contribution in [0.5, 0.6) is 0 Å². The zero-order valence-corrected chi connectivity index (χ0v) is 11.8. The van der Waals surface area contributed by atoms with Gasteiger partial charge < -0.3 is 10.1 Å². The Bertz CT molecular complexity index is 381. The second kappa shape index (κ2) is 7.31. The van der Waals surface area contributed by atoms with E-state index in [-0.39, 0.29) is 0 Å². The van der Waals surface area contributed by atoms with Gasteiger partial charge in [-0.3, -0.25) is 4.90 Å². The van der Waals surface area contributed by atoms with E-state index in [0.29, 0.717) is 16.7 Å². The highest BCUT2D eigenvalue weighted by Gasteiger charge is 2.08. The molecule has 2 rings (SSSR count). The molecular formula is C13H18Cl2N2O. The summed E-state index contributed by atoms with van der Waals surface area (Å²) in [4.78, 5) is 2.41. The molecule has 0 spiro atoms. The van der Waals surface area contributed by atoms with Gasteiger partial charge in [0.1, 0.15) is 0 Å². The Labute approximate surface area is 118 Å². The lowest BCUT2D eigenvalue weighted by Crippen LogP contribution is -2.44. The van der Waals surface area contributed by atoms with Crippen LogP contribution in [-0.4, -0.2) is 44.2 Å². The number of ether oxygens (including phenoxy) is 1. The first-order valence-electron chi connectivity index (χ1n) is 6.20. The molecule has 0 aliphatic carbocycles. The molecule has 0 bridgehead atoms. The van der Waals surface area contributed by atoms with Crippen LogP contribution in [-0.2, 0) is 11.3 Å². The number of nitrogens with zero attached hydrogens (tertiary/aromatic N) is 1. The molecule has 18 heavy (non-hydrogen) atoms. The fourth-order valence-electron chi connectivity index (χ4n) is 1.95. The number of benzene rings is 1. The van der Waals surface area contributed by atoms with Crippen LogP contribution < -0.4 is 5.32 Å². The lowest BCUT2D eigenvalue weighted by Gasteiger charge is -2.26. The highest BCUT2D eigenvalue weighted by Crippen LogP contribution is 2.22. The number of rotatable bonds is 5. The third-order valence-electron chi connectivity index (χ3n) is 3.01. The number of hydrogen-bond acceptors (Lipinski definition) is 3. The minimum absolute atomic E-state index is 0.583. The molecule has 0 aromatic heterocycles. The van der Waals surface area contributed by atoms with E-state index in [1.807, 2.05) is 12.1 Å². The summed E-state index contributed by atoms with van der Waals surface area (Å²) in [5, 5.41) is 4.50. The van der Waals surface area contributed by atoms with Gasteiger partial charge in [0.25, 0.3) is 0 Å². The van der Waals surface area contributed by atoms with Crippen LogP contribution in [0.3, 0.4) is 0 Å². The molecule has 0 amide bonds. The molecule has 1 heterocycles. The maximum absolute atomic E-state index is 5.95. The van der Waals surface area contributed by atoms with Crippen molar-refractivity contribution >= 4 is 23.2 Å². The Morgan fingerprint density at radius 1 is 1.17 bits per heavy atom. The Morgan fingerprint density at radius 2 is 1.94 bits per heavy atom. The minimum Gasteiger partial charge on any atom is -0.375 e. The maximum Gasteiger partial charge on any atom is 0.0718 e. The molecule has 0 saturated carbocycles. The largest absolute Gasteiger partial charge is 0.375 e. The molecular weight excluding hydrogens is 271 g/mol. The lowest BCUT2D eigenvalue weighted by molar-refractivity contribution is 0.0886. The Kier molecular flexibility index (Phi) is 5.73. The molecule has 1 aliphatic heterocycles. The molecule has 1 aromatic rings. The maximum atomic E-state index is 5.95. The predicted molar refractivity (Wildman–Crippen MR) is 75.4 cm³/mol. The van der Waals surface area contributed by atoms with Crippen molar-refractivity contribution in [3.63, 3.8) is 0 Å². The lowest BCUT2D eigenvalue weighted by atomic mass is 10.2. The Hall–Kier alpha value is -0.320. The first-order chi connectivity index (χ1) is 8.75. The number of nitrogens with one attached hydrogen (secondary N) is 1. The fourth-order valence-corrected chi connectivity index (χ4v) is 2.27. The van der Waals surface area contributed by atoms with Gasteiger partial charge >= 0.3 is 0 Å². The fraction of sp³-hybridized carbons (Fsp3) is 0.538. The van der Waals surface area contributed by atoms with Gasteiger partial charge in [0, 0.05) is 32.7 Å². The van der Waals surface area contributed by atoms with Crippen molar-refractivity contribution in [2.24, 2.45) is 0 Å². The molecule has 100 valence electrons. The molecule has 0 atom stereocenters. The molecule has 1 aliphatic rings. The van der Waals surface area contributed by atoms with Gasteiger partial charge in [-0.05, 0) is 17.7 Å². The van der Waals surface area contributed by atoms with E-state index in [1.165, 1.54) is 0 Å². The first kappa shape index (κ1) is 14.1. The van der Waals surface area contributed by atoms with E-state index in [2.05, 4.69) is 10.2 Å². The second-order valence-corrected chi connectivity index (χ2v) is 5.21. The van der Waals surface area contributed by atoms with Crippen molar-refractivity contribution in [1.82, 2.24) is 10.2 Å². The monoisotopic (exact) mass is 288 g/mol. The average molecular weight is 289 g/mol. The van der Waals surface area contributed by atoms with Crippen molar-refractivity contribution in [3.05, 3.63) is 33.8 Å². The smallest absolute Gasteiger partial charge is 0.0718 e. The van der Waals surface area contributed by atoms with Crippen molar-refractivity contribution in [3.8, 4) is 0 Å². The summed E-state index contributed by atoms with van der Waals surface area (Å²) in [6, 6.07) is 5.60. The molecule has 0 unspecified atom stereocenters. The highest BCUT2D eigenvalue weighted by molar-refractivity contribution is 6.41. The topological polar surface area (TPSA) is 24.5 Å². The minimum atomic E-state index is 0.583. The van der Waals surface area contributed by atoms with Crippen LogP contribution >= 0.6 is 23.2 Å². The number of hydrogen-bond donors (Lipinski definition) is 1. The van der Waals surface area contributed by atoms with Crippen molar-refractivity contribution in [2.45, 2.75) is 6.61 Å². The van der Waals surface area contributed by atoms with Crippen LogP contribution in [0.1, 0.15) is 5.56 Å². The van der Waals surface area contributed by atoms with Gasteiger partial charge in [0.2, 0.25) is 0 Å². The third-order valence-corrected chi connectivity index (χ3v) is 3.75. The van der Waals surface area contributed by atoms with Gasteiger partial charge in [-0.2, -0.15) is 0 Å². The van der Waals surface area contributed by atoms with Crippen molar-refractivity contribution < 1.29 is 4.74 Å². The van der Waals surface area contributed by atoms with E-state index in [1.54, 1.807) is 6.07 Å². The van der Waals surface area contributed by atoms with Gasteiger partial charge in [-0.1, -0.05) is 29.3 Å². The van der Waals surface area contributed by atoms with E-state index >= 15 is 0 Å². The van der Waals surface area contributed by atoms with Gasteiger partial charge in [0.05, 0.1) is 23.3 Å². The molecule has 1 fully saturated rings. The van der Waals surface area contributed by atoms with Gasteiger partial charge in [0.15, 0.2) is 0 Å². The normalized spacial score (nSPS) is 17.0. The summed E-state index contributed by atoms with van der Waals surface area (Å²) >= 11 is 11.8. The van der Waals surface area contributed by atoms with Crippen molar-refractivity contribution in [1.29, 1.82) is 0 Å². The third kappa shape index (κ3) is 4.41. The van der Waals surface area contributed by atoms with Crippen LogP contribution in [0.15, 0.2) is 18.2 Å². The molecule has 1 N–H and O–H groups in total. The standard InChI is InChI=1S/C13H18Cl2N2O/c14-12-2-1-11(9-13(12)15)10-18-8-7-17-5-3-16-4-6-17/h1-2,9,16H,3-8,10H2. The van der Waals surface area contributed by atoms with Crippen LogP contribution in [0.4, 0.5) is 0 Å². The van der Waals surface area contributed by atoms with E-state index in [0.717, 1.165) is 44.9 Å². The molecule has 0 radical (unpaired) electrons. The second-order valence-electron chi connectivity index (χ2n) is 4.39. The van der Waals surface area contributed by atoms with Crippen molar-refractivity contribution in [2.75, 3.05) is 39.3 Å². The number of halogens is 2. The average Bonchev–Trinajstić information content (AvgIpc) is 2.40. The zero-order chi connectivity index (χ0) is 12.8. The predicted octanol–water partition coefficient (Wildman–Crippen LogP) is 2.42. The summed E-state index contributed by atoms with van der Waals surface area (Å²) in [5.74, 6) is 0. The first-order valence-corrected chi connectivity index (χ1v) is 6.96. The SMILES string of the molecule is Clc1ccc(COCCN2CCNCC2)cc1Cl. The summed E-state index contributed by atoms with van der Waals surface area (Å²) in [6.07, 6.45) is 0. The summed E-state index contributed by atoms with van der Waals surface area (Å²) in [5.41, 5.74) is 1.06. The van der Waals surface area contributed by atoms with Crippen LogP contribution in [0.2, 0.25) is 10.0 Å². The molecule has 5 heteroatoms. The Morgan fingerprint density at radius 3 is 2.67 bits per heavy atom. The summed E-state index contributed by atoms with van der Waals surface area (Å²) in [7, 11) is 0. The molecule has 1 aromatic carbocycles.